The number of carbonyl (C=O) groups excluding carboxylic acids is 6. The van der Waals surface area contributed by atoms with Gasteiger partial charge in [0.1, 0.15) is 45.6 Å². The first-order chi connectivity index (χ1) is 26.2. The number of nitrogens with one attached hydrogen (secondary N) is 6. The monoisotopic (exact) mass is 832 g/mol. The van der Waals surface area contributed by atoms with E-state index in [9.17, 15) is 39.0 Å². The summed E-state index contributed by atoms with van der Waals surface area (Å²) in [4.78, 5) is 91.5. The second kappa shape index (κ2) is 19.2. The number of nitrogens with zero attached hydrogens (tertiary/aromatic N) is 2. The molecule has 0 saturated carbocycles. The minimum atomic E-state index is -1.44. The van der Waals surface area contributed by atoms with E-state index >= 15 is 0 Å². The molecule has 20 heteroatoms. The summed E-state index contributed by atoms with van der Waals surface area (Å²) in [7, 11) is 2.20. The Balaban J connectivity index is 1.57. The third-order valence-corrected chi connectivity index (χ3v) is 13.0. The Morgan fingerprint density at radius 1 is 0.636 bits per heavy atom. The van der Waals surface area contributed by atoms with Crippen LogP contribution in [-0.4, -0.2) is 104 Å². The minimum Gasteiger partial charge on any atom is -0.391 e. The Bertz CT molecular complexity index is 1860. The maximum atomic E-state index is 13.9. The Morgan fingerprint density at radius 2 is 1.09 bits per heavy atom. The van der Waals surface area contributed by atoms with Crippen LogP contribution in [0.5, 0.6) is 0 Å². The fourth-order valence-electron chi connectivity index (χ4n) is 5.75. The number of aliphatic hydroxyl groups excluding tert-OH is 2. The van der Waals surface area contributed by atoms with Gasteiger partial charge in [-0.1, -0.05) is 65.8 Å². The van der Waals surface area contributed by atoms with Crippen molar-refractivity contribution in [2.24, 2.45) is 5.92 Å². The normalized spacial score (nSPS) is 25.9. The number of amides is 6. The van der Waals surface area contributed by atoms with E-state index < -0.39 is 83.9 Å². The maximum absolute atomic E-state index is 13.9. The van der Waals surface area contributed by atoms with Crippen LogP contribution in [0.15, 0.2) is 41.1 Å². The lowest BCUT2D eigenvalue weighted by Gasteiger charge is -2.27. The summed E-state index contributed by atoms with van der Waals surface area (Å²) in [6, 6.07) is 2.35. The lowest BCUT2D eigenvalue weighted by atomic mass is 10.0. The molecule has 0 saturated heterocycles. The van der Waals surface area contributed by atoms with Crippen molar-refractivity contribution in [3.8, 4) is 0 Å². The van der Waals surface area contributed by atoms with E-state index in [1.807, 2.05) is 44.2 Å². The molecule has 0 fully saturated rings. The lowest BCUT2D eigenvalue weighted by Crippen LogP contribution is -2.58. The molecule has 8 N–H and O–H groups in total. The Morgan fingerprint density at radius 3 is 1.55 bits per heavy atom. The van der Waals surface area contributed by atoms with Gasteiger partial charge in [-0.3, -0.25) is 28.8 Å². The topological polar surface area (TPSA) is 241 Å². The molecule has 0 aliphatic carbocycles. The first-order valence-electron chi connectivity index (χ1n) is 17.6. The zero-order valence-electron chi connectivity index (χ0n) is 30.4. The predicted molar refractivity (Wildman–Crippen MR) is 210 cm³/mol. The summed E-state index contributed by atoms with van der Waals surface area (Å²) in [5.74, 6) is -4.38. The van der Waals surface area contributed by atoms with Crippen molar-refractivity contribution in [1.82, 2.24) is 41.9 Å². The molecule has 55 heavy (non-hydrogen) atoms. The number of thiazole rings is 2. The van der Waals surface area contributed by atoms with Crippen LogP contribution >= 0.6 is 44.3 Å². The number of aliphatic hydroxyl groups is 2. The van der Waals surface area contributed by atoms with E-state index in [0.29, 0.717) is 16.4 Å². The SMILES string of the molecule is CC(C)C[C@H]1NC(=O)[C@H]([C@H](C)O)NC(=O)[C@H]2CSSC[C@H](NC(=O)c3csc1n3)C(=O)N[C@@H]([C@H](C)O)C(=O)N[C@H](Cc1ccccc1)c1nc(cs1)C(=O)N2. The minimum absolute atomic E-state index is 0.0134. The van der Waals surface area contributed by atoms with Crippen molar-refractivity contribution in [2.75, 3.05) is 11.5 Å². The van der Waals surface area contributed by atoms with E-state index in [0.717, 1.165) is 49.8 Å². The van der Waals surface area contributed by atoms with Gasteiger partial charge in [0, 0.05) is 22.3 Å². The molecule has 4 heterocycles. The van der Waals surface area contributed by atoms with E-state index in [1.54, 1.807) is 0 Å². The molecule has 0 unspecified atom stereocenters. The fourth-order valence-corrected chi connectivity index (χ4v) is 9.79. The van der Waals surface area contributed by atoms with E-state index in [4.69, 9.17) is 0 Å². The molecular formula is C35H44N8O8S4. The first kappa shape index (κ1) is 42.1. The van der Waals surface area contributed by atoms with Crippen LogP contribution in [0, 0.1) is 5.92 Å². The average Bonchev–Trinajstić information content (AvgIpc) is 3.83. The van der Waals surface area contributed by atoms with Crippen LogP contribution in [0.1, 0.15) is 82.8 Å². The second-order valence-corrected chi connectivity index (χ2v) is 18.0. The number of carbonyl (C=O) groups is 6. The van der Waals surface area contributed by atoms with Crippen LogP contribution in [0.4, 0.5) is 0 Å². The highest BCUT2D eigenvalue weighted by atomic mass is 33.1. The molecule has 3 aromatic rings. The quantitative estimate of drug-likeness (QED) is 0.164. The van der Waals surface area contributed by atoms with Crippen molar-refractivity contribution in [3.63, 3.8) is 0 Å². The van der Waals surface area contributed by atoms with Gasteiger partial charge in [0.05, 0.1) is 24.3 Å². The zero-order valence-corrected chi connectivity index (χ0v) is 33.7. The van der Waals surface area contributed by atoms with Crippen LogP contribution in [0.25, 0.3) is 0 Å². The summed E-state index contributed by atoms with van der Waals surface area (Å²) < 4.78 is 0. The van der Waals surface area contributed by atoms with Gasteiger partial charge in [-0.2, -0.15) is 0 Å². The lowest BCUT2D eigenvalue weighted by molar-refractivity contribution is -0.132. The molecule has 1 aromatic carbocycles. The van der Waals surface area contributed by atoms with Crippen molar-refractivity contribution in [1.29, 1.82) is 0 Å². The van der Waals surface area contributed by atoms with Gasteiger partial charge in [0.25, 0.3) is 11.8 Å². The first-order valence-corrected chi connectivity index (χ1v) is 21.8. The molecule has 5 rings (SSSR count). The fraction of sp³-hybridized carbons (Fsp3) is 0.486. The van der Waals surface area contributed by atoms with Crippen LogP contribution in [0.3, 0.4) is 0 Å². The summed E-state index contributed by atoms with van der Waals surface area (Å²) in [5.41, 5.74) is 0.787. The Kier molecular flexibility index (Phi) is 14.7. The standard InChI is InChI=1S/C35H44N8O8S4/c1-16(2)10-20-34-40-22(12-52-34)28(46)38-25-15-55-54-14-24(30(48)42-26(17(3)44)32(50)36-20)39-29(47)23-13-53-35(41-23)21(11-19-8-6-5-7-9-19)37-33(51)27(18(4)45)43-31(25)49/h5-9,12-13,16-18,20-21,24-27,44-45H,10-11,14-15H2,1-4H3,(H,36,50)(H,37,51)(H,38,46)(H,39,47)(H,42,48)(H,43,49)/t17-,18-,20+,21+,24+,25-,26-,27-/m0/s1. The Labute approximate surface area is 333 Å². The largest absolute Gasteiger partial charge is 0.391 e. The van der Waals surface area contributed by atoms with Gasteiger partial charge >= 0.3 is 0 Å². The van der Waals surface area contributed by atoms with Crippen molar-refractivity contribution >= 4 is 79.7 Å². The van der Waals surface area contributed by atoms with E-state index in [-0.39, 0.29) is 35.2 Å². The molecule has 16 nitrogen and oxygen atoms in total. The number of fused-ring (bicyclic) bond motifs is 9. The van der Waals surface area contributed by atoms with E-state index in [1.165, 1.54) is 24.6 Å². The van der Waals surface area contributed by atoms with Crippen molar-refractivity contribution in [2.45, 2.75) is 89.0 Å². The molecule has 8 atom stereocenters. The van der Waals surface area contributed by atoms with Gasteiger partial charge in [-0.15, -0.1) is 22.7 Å². The smallest absolute Gasteiger partial charge is 0.271 e. The molecule has 6 amide bonds. The number of hydrogen-bond donors (Lipinski definition) is 8. The highest BCUT2D eigenvalue weighted by molar-refractivity contribution is 8.76. The summed E-state index contributed by atoms with van der Waals surface area (Å²) in [5, 5.41) is 41.4. The number of rotatable bonds is 6. The van der Waals surface area contributed by atoms with Crippen molar-refractivity contribution in [3.05, 3.63) is 68.1 Å². The second-order valence-electron chi connectivity index (χ2n) is 13.7. The summed E-state index contributed by atoms with van der Waals surface area (Å²) in [6.45, 7) is 6.58. The van der Waals surface area contributed by atoms with E-state index in [2.05, 4.69) is 41.9 Å². The molecular weight excluding hydrogens is 789 g/mol. The molecule has 0 radical (unpaired) electrons. The molecule has 2 aliphatic heterocycles. The Hall–Kier alpha value is -4.08. The van der Waals surface area contributed by atoms with Gasteiger partial charge in [0.2, 0.25) is 23.6 Å². The molecule has 6 bridgehead atoms. The third-order valence-electron chi connectivity index (χ3n) is 8.65. The number of benzene rings is 1. The number of hydrogen-bond acceptors (Lipinski definition) is 14. The van der Waals surface area contributed by atoms with Gasteiger partial charge in [0.15, 0.2) is 0 Å². The zero-order chi connectivity index (χ0) is 39.8. The maximum Gasteiger partial charge on any atom is 0.271 e. The molecule has 2 aromatic heterocycles. The third kappa shape index (κ3) is 11.3. The average molecular weight is 833 g/mol. The number of aromatic nitrogens is 2. The van der Waals surface area contributed by atoms with Gasteiger partial charge < -0.3 is 42.1 Å². The highest BCUT2D eigenvalue weighted by Gasteiger charge is 2.36. The summed E-state index contributed by atoms with van der Waals surface area (Å²) >= 11 is 2.21. The van der Waals surface area contributed by atoms with Crippen molar-refractivity contribution < 1.29 is 39.0 Å². The van der Waals surface area contributed by atoms with Gasteiger partial charge in [-0.05, 0) is 38.2 Å². The molecule has 2 aliphatic rings. The predicted octanol–water partition coefficient (Wildman–Crippen LogP) is 1.24. The van der Waals surface area contributed by atoms with Crippen LogP contribution < -0.4 is 31.9 Å². The molecule has 296 valence electrons. The molecule has 0 spiro atoms. The van der Waals surface area contributed by atoms with Crippen LogP contribution in [-0.2, 0) is 25.6 Å². The highest BCUT2D eigenvalue weighted by Crippen LogP contribution is 2.28. The van der Waals surface area contributed by atoms with Gasteiger partial charge in [-0.25, -0.2) is 9.97 Å². The summed E-state index contributed by atoms with van der Waals surface area (Å²) in [6.07, 6.45) is -2.04. The van der Waals surface area contributed by atoms with Crippen LogP contribution in [0.2, 0.25) is 0 Å².